The van der Waals surface area contributed by atoms with Crippen LogP contribution in [0.1, 0.15) is 58.2 Å². The Labute approximate surface area is 324 Å². The highest BCUT2D eigenvalue weighted by molar-refractivity contribution is 6.75. The zero-order chi connectivity index (χ0) is 37.9. The summed E-state index contributed by atoms with van der Waals surface area (Å²) in [6, 6.07) is 52.9. The molecule has 54 heavy (non-hydrogen) atoms. The Bertz CT molecular complexity index is 1960. The van der Waals surface area contributed by atoms with Crippen LogP contribution < -0.4 is 15.0 Å². The number of nitrogens with zero attached hydrogens (tertiary/aromatic N) is 2. The number of hydrogen-bond acceptors (Lipinski definition) is 5. The number of aryl methyl sites for hydroxylation is 3. The SMILES string of the molecule is CCO[Si](OCC)(OCC)c1ccc(N(c2ccc(CC)cc2)c2ccc(-c3ccc(N(c4ccc(CC)cc4)c4ccc(CC)cc4)cc3)cc2)cc1. The molecular weight excluding hydrogens is 681 g/mol. The van der Waals surface area contributed by atoms with Crippen LogP contribution in [0.5, 0.6) is 0 Å². The Kier molecular flexibility index (Phi) is 13.2. The van der Waals surface area contributed by atoms with Gasteiger partial charge in [0.25, 0.3) is 0 Å². The van der Waals surface area contributed by atoms with Crippen LogP contribution in [-0.4, -0.2) is 28.6 Å². The van der Waals surface area contributed by atoms with E-state index in [9.17, 15) is 0 Å². The molecule has 278 valence electrons. The summed E-state index contributed by atoms with van der Waals surface area (Å²) >= 11 is 0. The predicted molar refractivity (Wildman–Crippen MR) is 230 cm³/mol. The molecule has 0 spiro atoms. The van der Waals surface area contributed by atoms with E-state index in [4.69, 9.17) is 13.3 Å². The normalized spacial score (nSPS) is 11.4. The number of benzene rings is 6. The van der Waals surface area contributed by atoms with Crippen LogP contribution in [0.2, 0.25) is 0 Å². The van der Waals surface area contributed by atoms with Gasteiger partial charge in [-0.25, -0.2) is 0 Å². The zero-order valence-corrected chi connectivity index (χ0v) is 33.7. The Morgan fingerprint density at radius 3 is 0.815 bits per heavy atom. The molecule has 0 fully saturated rings. The van der Waals surface area contributed by atoms with Crippen molar-refractivity contribution in [2.75, 3.05) is 29.6 Å². The van der Waals surface area contributed by atoms with Gasteiger partial charge in [-0.3, -0.25) is 0 Å². The molecule has 6 rings (SSSR count). The Morgan fingerprint density at radius 1 is 0.333 bits per heavy atom. The van der Waals surface area contributed by atoms with Gasteiger partial charge in [0.15, 0.2) is 0 Å². The fourth-order valence-electron chi connectivity index (χ4n) is 6.90. The third-order valence-electron chi connectivity index (χ3n) is 9.87. The van der Waals surface area contributed by atoms with Crippen molar-refractivity contribution in [1.29, 1.82) is 0 Å². The lowest BCUT2D eigenvalue weighted by atomic mass is 10.0. The summed E-state index contributed by atoms with van der Waals surface area (Å²) in [5.41, 5.74) is 12.9. The molecule has 0 N–H and O–H groups in total. The van der Waals surface area contributed by atoms with Crippen molar-refractivity contribution in [3.05, 3.63) is 162 Å². The van der Waals surface area contributed by atoms with E-state index < -0.39 is 8.80 Å². The van der Waals surface area contributed by atoms with Gasteiger partial charge in [-0.2, -0.15) is 0 Å². The maximum absolute atomic E-state index is 6.21. The average Bonchev–Trinajstić information content (AvgIpc) is 3.23. The fourth-order valence-corrected chi connectivity index (χ4v) is 9.37. The molecule has 6 heteroatoms. The van der Waals surface area contributed by atoms with Crippen molar-refractivity contribution in [2.24, 2.45) is 0 Å². The molecule has 6 aromatic carbocycles. The van der Waals surface area contributed by atoms with Crippen LogP contribution in [-0.2, 0) is 32.5 Å². The Hall–Kier alpha value is -4.98. The first-order valence-electron chi connectivity index (χ1n) is 19.6. The summed E-state index contributed by atoms with van der Waals surface area (Å²) in [6.45, 7) is 14.1. The minimum atomic E-state index is -3.02. The van der Waals surface area contributed by atoms with E-state index in [0.717, 1.165) is 64.1 Å². The second-order valence-electron chi connectivity index (χ2n) is 13.2. The van der Waals surface area contributed by atoms with E-state index in [1.807, 2.05) is 20.8 Å². The standard InChI is InChI=1S/C48H54N2O3Si/c1-7-37-13-23-42(24-14-37)49(43-25-15-38(8-2)16-26-43)45-29-19-40(20-30-45)41-21-31-46(32-22-41)50(44-27-17-39(9-3)18-28-44)47-33-35-48(36-34-47)54(51-10-4,52-11-5)53-12-6/h13-36H,7-12H2,1-6H3. The lowest BCUT2D eigenvalue weighted by molar-refractivity contribution is 0.0859. The minimum absolute atomic E-state index is 0.525. The van der Waals surface area contributed by atoms with Crippen molar-refractivity contribution in [1.82, 2.24) is 0 Å². The van der Waals surface area contributed by atoms with Crippen molar-refractivity contribution >= 4 is 48.1 Å². The smallest absolute Gasteiger partial charge is 0.370 e. The molecule has 0 aliphatic rings. The highest BCUT2D eigenvalue weighted by Crippen LogP contribution is 2.38. The Balaban J connectivity index is 1.31. The molecule has 0 atom stereocenters. The van der Waals surface area contributed by atoms with Crippen LogP contribution in [0.4, 0.5) is 34.1 Å². The van der Waals surface area contributed by atoms with Crippen molar-refractivity contribution in [2.45, 2.75) is 60.8 Å². The quantitative estimate of drug-likeness (QED) is 0.0872. The van der Waals surface area contributed by atoms with Gasteiger partial charge >= 0.3 is 8.80 Å². The fraction of sp³-hybridized carbons (Fsp3) is 0.250. The van der Waals surface area contributed by atoms with Gasteiger partial charge in [0, 0.05) is 59.1 Å². The van der Waals surface area contributed by atoms with E-state index in [1.165, 1.54) is 22.3 Å². The highest BCUT2D eigenvalue weighted by Gasteiger charge is 2.43. The third kappa shape index (κ3) is 8.69. The summed E-state index contributed by atoms with van der Waals surface area (Å²) in [4.78, 5) is 4.63. The van der Waals surface area contributed by atoms with Gasteiger partial charge in [-0.1, -0.05) is 93.6 Å². The van der Waals surface area contributed by atoms with Gasteiger partial charge in [0.05, 0.1) is 0 Å². The molecule has 5 nitrogen and oxygen atoms in total. The number of anilines is 6. The zero-order valence-electron chi connectivity index (χ0n) is 32.7. The van der Waals surface area contributed by atoms with Gasteiger partial charge < -0.3 is 23.1 Å². The summed E-state index contributed by atoms with van der Waals surface area (Å²) in [6.07, 6.45) is 3.04. The molecule has 0 unspecified atom stereocenters. The van der Waals surface area contributed by atoms with Crippen molar-refractivity contribution in [3.8, 4) is 11.1 Å². The van der Waals surface area contributed by atoms with Crippen LogP contribution in [0, 0.1) is 0 Å². The first-order chi connectivity index (χ1) is 26.4. The number of hydrogen-bond donors (Lipinski definition) is 0. The largest absolute Gasteiger partial charge is 0.537 e. The van der Waals surface area contributed by atoms with Crippen LogP contribution >= 0.6 is 0 Å². The van der Waals surface area contributed by atoms with Crippen molar-refractivity contribution < 1.29 is 13.3 Å². The summed E-state index contributed by atoms with van der Waals surface area (Å²) in [5, 5.41) is 0.964. The van der Waals surface area contributed by atoms with E-state index >= 15 is 0 Å². The first-order valence-corrected chi connectivity index (χ1v) is 21.3. The molecular formula is C48H54N2O3Si. The second kappa shape index (κ2) is 18.4. The maximum atomic E-state index is 6.21. The first kappa shape index (κ1) is 38.7. The molecule has 6 aromatic rings. The van der Waals surface area contributed by atoms with Crippen LogP contribution in [0.25, 0.3) is 11.1 Å². The molecule has 0 aromatic heterocycles. The van der Waals surface area contributed by atoms with E-state index in [2.05, 4.69) is 176 Å². The molecule has 0 heterocycles. The lowest BCUT2D eigenvalue weighted by Gasteiger charge is -2.30. The van der Waals surface area contributed by atoms with Gasteiger partial charge in [0.1, 0.15) is 0 Å². The van der Waals surface area contributed by atoms with Gasteiger partial charge in [-0.15, -0.1) is 0 Å². The molecule has 0 aliphatic carbocycles. The number of rotatable bonds is 17. The third-order valence-corrected chi connectivity index (χ3v) is 12.9. The molecule has 0 amide bonds. The minimum Gasteiger partial charge on any atom is -0.370 e. The highest BCUT2D eigenvalue weighted by atomic mass is 28.4. The van der Waals surface area contributed by atoms with E-state index in [0.29, 0.717) is 19.8 Å². The van der Waals surface area contributed by atoms with E-state index in [1.54, 1.807) is 0 Å². The molecule has 0 saturated heterocycles. The van der Waals surface area contributed by atoms with E-state index in [-0.39, 0.29) is 0 Å². The van der Waals surface area contributed by atoms with Gasteiger partial charge in [0.2, 0.25) is 0 Å². The summed E-state index contributed by atoms with van der Waals surface area (Å²) in [5.74, 6) is 0. The maximum Gasteiger partial charge on any atom is 0.537 e. The topological polar surface area (TPSA) is 34.2 Å². The summed E-state index contributed by atoms with van der Waals surface area (Å²) in [7, 11) is -3.02. The van der Waals surface area contributed by atoms with Crippen LogP contribution in [0.3, 0.4) is 0 Å². The molecule has 0 saturated carbocycles. The van der Waals surface area contributed by atoms with Gasteiger partial charge in [-0.05, 0) is 141 Å². The predicted octanol–water partition coefficient (Wildman–Crippen LogP) is 12.2. The lowest BCUT2D eigenvalue weighted by Crippen LogP contribution is -2.56. The molecule has 0 bridgehead atoms. The monoisotopic (exact) mass is 734 g/mol. The summed E-state index contributed by atoms with van der Waals surface area (Å²) < 4.78 is 18.6. The Morgan fingerprint density at radius 2 is 0.574 bits per heavy atom. The second-order valence-corrected chi connectivity index (χ2v) is 15.8. The molecule has 0 radical (unpaired) electrons. The van der Waals surface area contributed by atoms with Crippen molar-refractivity contribution in [3.63, 3.8) is 0 Å². The van der Waals surface area contributed by atoms with Crippen LogP contribution in [0.15, 0.2) is 146 Å². The average molecular weight is 735 g/mol. The molecule has 0 aliphatic heterocycles.